The van der Waals surface area contributed by atoms with Gasteiger partial charge in [-0.2, -0.15) is 0 Å². The van der Waals surface area contributed by atoms with Gasteiger partial charge in [0.2, 0.25) is 0 Å². The van der Waals surface area contributed by atoms with Crippen molar-refractivity contribution in [2.75, 3.05) is 0 Å². The van der Waals surface area contributed by atoms with Crippen LogP contribution in [-0.2, 0) is 6.42 Å². The van der Waals surface area contributed by atoms with Gasteiger partial charge < -0.3 is 0 Å². The lowest BCUT2D eigenvalue weighted by molar-refractivity contribution is -0.780. The maximum absolute atomic E-state index is 11.1. The van der Waals surface area contributed by atoms with E-state index in [0.29, 0.717) is 6.42 Å². The Hall–Kier alpha value is -2.50. The fourth-order valence-electron chi connectivity index (χ4n) is 2.73. The maximum Gasteiger partial charge on any atom is 0.481 e. The van der Waals surface area contributed by atoms with Crippen LogP contribution in [-0.4, -0.2) is 15.5 Å². The van der Waals surface area contributed by atoms with Crippen molar-refractivity contribution in [3.63, 3.8) is 0 Å². The van der Waals surface area contributed by atoms with Crippen molar-refractivity contribution in [3.8, 4) is 0 Å². The average Bonchev–Trinajstić information content (AvgIpc) is 2.75. The van der Waals surface area contributed by atoms with E-state index in [2.05, 4.69) is 0 Å². The lowest BCUT2D eigenvalue weighted by Crippen LogP contribution is -2.45. The van der Waals surface area contributed by atoms with E-state index in [9.17, 15) is 20.2 Å². The van der Waals surface area contributed by atoms with Crippen LogP contribution in [0.15, 0.2) is 42.0 Å². The van der Waals surface area contributed by atoms with Gasteiger partial charge in [-0.05, 0) is 34.8 Å². The second kappa shape index (κ2) is 3.74. The third-order valence-corrected chi connectivity index (χ3v) is 3.72. The van der Waals surface area contributed by atoms with E-state index in [1.807, 2.05) is 24.3 Å². The van der Waals surface area contributed by atoms with Gasteiger partial charge in [0.15, 0.2) is 0 Å². The zero-order chi connectivity index (χ0) is 13.6. The SMILES string of the molecule is O=[N+]([O-])C1([N+](=O)[O-])C=CC2=C(Cc3ccccc32)C1. The van der Waals surface area contributed by atoms with Crippen LogP contribution in [0.5, 0.6) is 0 Å². The molecule has 6 nitrogen and oxygen atoms in total. The van der Waals surface area contributed by atoms with Gasteiger partial charge >= 0.3 is 5.66 Å². The molecule has 0 N–H and O–H groups in total. The van der Waals surface area contributed by atoms with E-state index in [1.165, 1.54) is 6.08 Å². The van der Waals surface area contributed by atoms with Crippen molar-refractivity contribution >= 4 is 5.57 Å². The van der Waals surface area contributed by atoms with Gasteiger partial charge in [0.05, 0.1) is 6.08 Å². The number of nitro groups is 2. The Morgan fingerprint density at radius 2 is 1.79 bits per heavy atom. The fraction of sp³-hybridized carbons (Fsp3) is 0.231. The van der Waals surface area contributed by atoms with Crippen molar-refractivity contribution in [3.05, 3.63) is 73.3 Å². The molecular formula is C13H10N2O4. The highest BCUT2D eigenvalue weighted by molar-refractivity contribution is 5.84. The van der Waals surface area contributed by atoms with Crippen molar-refractivity contribution in [2.45, 2.75) is 18.5 Å². The zero-order valence-electron chi connectivity index (χ0n) is 9.91. The van der Waals surface area contributed by atoms with Gasteiger partial charge in [0.1, 0.15) is 16.3 Å². The Morgan fingerprint density at radius 3 is 2.47 bits per heavy atom. The molecule has 1 aromatic rings. The molecule has 0 atom stereocenters. The molecule has 0 radical (unpaired) electrons. The molecule has 0 saturated carbocycles. The molecule has 19 heavy (non-hydrogen) atoms. The van der Waals surface area contributed by atoms with Crippen molar-refractivity contribution in [2.24, 2.45) is 0 Å². The molecule has 0 spiro atoms. The Bertz CT molecular complexity index is 646. The summed E-state index contributed by atoms with van der Waals surface area (Å²) in [4.78, 5) is 20.5. The molecule has 1 aromatic carbocycles. The predicted octanol–water partition coefficient (Wildman–Crippen LogP) is 2.21. The molecule has 0 aliphatic heterocycles. The van der Waals surface area contributed by atoms with Crippen molar-refractivity contribution in [1.29, 1.82) is 0 Å². The minimum Gasteiger partial charge on any atom is -0.258 e. The molecule has 2 aliphatic carbocycles. The first-order chi connectivity index (χ1) is 9.04. The van der Waals surface area contributed by atoms with Crippen LogP contribution in [0.25, 0.3) is 5.57 Å². The van der Waals surface area contributed by atoms with E-state index in [4.69, 9.17) is 0 Å². The summed E-state index contributed by atoms with van der Waals surface area (Å²) in [6, 6.07) is 7.68. The Morgan fingerprint density at radius 1 is 1.11 bits per heavy atom. The first-order valence-corrected chi connectivity index (χ1v) is 5.83. The van der Waals surface area contributed by atoms with E-state index >= 15 is 0 Å². The van der Waals surface area contributed by atoms with E-state index in [1.54, 1.807) is 0 Å². The van der Waals surface area contributed by atoms with E-state index in [-0.39, 0.29) is 6.42 Å². The third kappa shape index (κ3) is 1.49. The summed E-state index contributed by atoms with van der Waals surface area (Å²) in [6.45, 7) is 0. The highest BCUT2D eigenvalue weighted by Gasteiger charge is 2.56. The molecule has 0 heterocycles. The normalized spacial score (nSPS) is 18.9. The number of hydrogen-bond acceptors (Lipinski definition) is 4. The van der Waals surface area contributed by atoms with Gasteiger partial charge in [-0.25, -0.2) is 0 Å². The number of fused-ring (bicyclic) bond motifs is 2. The zero-order valence-corrected chi connectivity index (χ0v) is 9.91. The minimum atomic E-state index is -2.21. The standard InChI is InChI=1S/C13H10N2O4/c16-14(17)13(15(18)19)6-5-12-10(8-13)7-9-3-1-2-4-11(9)12/h1-6H,7-8H2. The van der Waals surface area contributed by atoms with Crippen LogP contribution in [0.4, 0.5) is 0 Å². The Kier molecular flexibility index (Phi) is 2.28. The predicted molar refractivity (Wildman–Crippen MR) is 67.5 cm³/mol. The summed E-state index contributed by atoms with van der Waals surface area (Å²) in [5.41, 5.74) is 1.56. The molecule has 2 aliphatic rings. The molecular weight excluding hydrogens is 248 g/mol. The van der Waals surface area contributed by atoms with Crippen molar-refractivity contribution in [1.82, 2.24) is 0 Å². The number of rotatable bonds is 2. The van der Waals surface area contributed by atoms with Crippen LogP contribution in [0, 0.1) is 20.2 Å². The number of hydrogen-bond donors (Lipinski definition) is 0. The quantitative estimate of drug-likeness (QED) is 0.462. The van der Waals surface area contributed by atoms with Gasteiger partial charge in [0.25, 0.3) is 0 Å². The molecule has 3 rings (SSSR count). The van der Waals surface area contributed by atoms with Crippen LogP contribution in [0.1, 0.15) is 17.5 Å². The summed E-state index contributed by atoms with van der Waals surface area (Å²) >= 11 is 0. The molecule has 0 unspecified atom stereocenters. The van der Waals surface area contributed by atoms with Crippen LogP contribution in [0.2, 0.25) is 0 Å². The summed E-state index contributed by atoms with van der Waals surface area (Å²) in [6.07, 6.45) is 3.02. The monoisotopic (exact) mass is 258 g/mol. The smallest absolute Gasteiger partial charge is 0.258 e. The second-order valence-electron chi connectivity index (χ2n) is 4.75. The summed E-state index contributed by atoms with van der Waals surface area (Å²) < 4.78 is 0. The highest BCUT2D eigenvalue weighted by atomic mass is 16.7. The first-order valence-electron chi connectivity index (χ1n) is 5.83. The van der Waals surface area contributed by atoms with Crippen LogP contribution >= 0.6 is 0 Å². The van der Waals surface area contributed by atoms with Crippen LogP contribution < -0.4 is 0 Å². The Balaban J connectivity index is 2.05. The fourth-order valence-corrected chi connectivity index (χ4v) is 2.73. The lowest BCUT2D eigenvalue weighted by atomic mass is 9.90. The van der Waals surface area contributed by atoms with Crippen molar-refractivity contribution < 1.29 is 9.85 Å². The topological polar surface area (TPSA) is 86.3 Å². The average molecular weight is 258 g/mol. The summed E-state index contributed by atoms with van der Waals surface area (Å²) in [5.74, 6) is 0. The first kappa shape index (κ1) is 11.6. The molecule has 96 valence electrons. The molecule has 0 aromatic heterocycles. The highest BCUT2D eigenvalue weighted by Crippen LogP contribution is 2.42. The lowest BCUT2D eigenvalue weighted by Gasteiger charge is -2.18. The number of benzene rings is 1. The largest absolute Gasteiger partial charge is 0.481 e. The Labute approximate surface area is 108 Å². The molecule has 0 saturated heterocycles. The van der Waals surface area contributed by atoms with Gasteiger partial charge in [0, 0.05) is 0 Å². The molecule has 6 heteroatoms. The third-order valence-electron chi connectivity index (χ3n) is 3.72. The number of allylic oxidation sites excluding steroid dienone is 2. The molecule has 0 fully saturated rings. The van der Waals surface area contributed by atoms with Gasteiger partial charge in [-0.15, -0.1) is 0 Å². The minimum absolute atomic E-state index is 0.159. The van der Waals surface area contributed by atoms with Gasteiger partial charge in [-0.3, -0.25) is 20.2 Å². The maximum atomic E-state index is 11.1. The van der Waals surface area contributed by atoms with E-state index in [0.717, 1.165) is 28.3 Å². The van der Waals surface area contributed by atoms with Crippen LogP contribution in [0.3, 0.4) is 0 Å². The van der Waals surface area contributed by atoms with E-state index < -0.39 is 15.5 Å². The molecule has 0 bridgehead atoms. The van der Waals surface area contributed by atoms with Gasteiger partial charge in [-0.1, -0.05) is 24.3 Å². The molecule has 0 amide bonds. The number of nitrogens with zero attached hydrogens (tertiary/aromatic N) is 2. The summed E-state index contributed by atoms with van der Waals surface area (Å²) in [7, 11) is 0. The summed E-state index contributed by atoms with van der Waals surface area (Å²) in [5, 5.41) is 22.1. The second-order valence-corrected chi connectivity index (χ2v) is 4.75.